The fourth-order valence-electron chi connectivity index (χ4n) is 1.77. The molecule has 1 aromatic carbocycles. The number of nitrogens with zero attached hydrogens (tertiary/aromatic N) is 2. The average molecular weight is 278 g/mol. The Hall–Kier alpha value is -2.55. The van der Waals surface area contributed by atoms with Gasteiger partial charge >= 0.3 is 6.36 Å². The summed E-state index contributed by atoms with van der Waals surface area (Å²) < 4.78 is 41.4. The van der Waals surface area contributed by atoms with Crippen molar-refractivity contribution in [1.82, 2.24) is 4.98 Å². The molecular weight excluding hydrogens is 269 g/mol. The van der Waals surface area contributed by atoms with E-state index in [4.69, 9.17) is 5.26 Å². The van der Waals surface area contributed by atoms with Crippen molar-refractivity contribution >= 4 is 0 Å². The molecule has 0 aliphatic rings. The SMILES string of the molecule is Cc1ccncc1-c1ccc(C#N)cc1OC(F)(F)F. The maximum atomic E-state index is 12.5. The van der Waals surface area contributed by atoms with E-state index in [2.05, 4.69) is 9.72 Å². The second-order valence-electron chi connectivity index (χ2n) is 4.06. The first-order chi connectivity index (χ1) is 9.40. The van der Waals surface area contributed by atoms with Gasteiger partial charge < -0.3 is 4.74 Å². The van der Waals surface area contributed by atoms with Crippen LogP contribution in [-0.2, 0) is 0 Å². The normalized spacial score (nSPS) is 10.9. The lowest BCUT2D eigenvalue weighted by Gasteiger charge is -2.14. The third kappa shape index (κ3) is 3.06. The zero-order valence-corrected chi connectivity index (χ0v) is 10.4. The van der Waals surface area contributed by atoms with Crippen LogP contribution in [0, 0.1) is 18.3 Å². The zero-order valence-electron chi connectivity index (χ0n) is 10.4. The Morgan fingerprint density at radius 3 is 2.55 bits per heavy atom. The number of alkyl halides is 3. The molecule has 1 heterocycles. The molecule has 0 spiro atoms. The second-order valence-corrected chi connectivity index (χ2v) is 4.06. The first kappa shape index (κ1) is 13.9. The van der Waals surface area contributed by atoms with Crippen molar-refractivity contribution in [2.45, 2.75) is 13.3 Å². The lowest BCUT2D eigenvalue weighted by Crippen LogP contribution is -2.17. The maximum Gasteiger partial charge on any atom is 0.573 e. The molecule has 20 heavy (non-hydrogen) atoms. The number of aryl methyl sites for hydroxylation is 1. The third-order valence-electron chi connectivity index (χ3n) is 2.67. The number of pyridine rings is 1. The molecule has 0 aliphatic heterocycles. The highest BCUT2D eigenvalue weighted by atomic mass is 19.4. The Labute approximate surface area is 113 Å². The molecule has 0 saturated carbocycles. The predicted octanol–water partition coefficient (Wildman–Crippen LogP) is 3.83. The Balaban J connectivity index is 2.58. The molecular formula is C14H9F3N2O. The molecule has 2 aromatic rings. The number of hydrogen-bond acceptors (Lipinski definition) is 3. The summed E-state index contributed by atoms with van der Waals surface area (Å²) in [4.78, 5) is 3.90. The minimum atomic E-state index is -4.82. The van der Waals surface area contributed by atoms with E-state index in [9.17, 15) is 13.2 Å². The average Bonchev–Trinajstić information content (AvgIpc) is 2.38. The van der Waals surface area contributed by atoms with Crippen molar-refractivity contribution in [3.05, 3.63) is 47.8 Å². The standard InChI is InChI=1S/C14H9F3N2O/c1-9-4-5-19-8-12(9)11-3-2-10(7-18)6-13(11)20-14(15,16)17/h2-6,8H,1H3. The van der Waals surface area contributed by atoms with Crippen LogP contribution in [0.3, 0.4) is 0 Å². The van der Waals surface area contributed by atoms with Crippen molar-refractivity contribution in [1.29, 1.82) is 5.26 Å². The van der Waals surface area contributed by atoms with Crippen molar-refractivity contribution in [3.63, 3.8) is 0 Å². The maximum absolute atomic E-state index is 12.5. The summed E-state index contributed by atoms with van der Waals surface area (Å²) in [5.41, 5.74) is 1.62. The third-order valence-corrected chi connectivity index (χ3v) is 2.67. The Kier molecular flexibility index (Phi) is 3.61. The summed E-state index contributed by atoms with van der Waals surface area (Å²) in [6.45, 7) is 1.76. The van der Waals surface area contributed by atoms with Gasteiger partial charge in [-0.25, -0.2) is 0 Å². The molecule has 1 aromatic heterocycles. The molecule has 0 atom stereocenters. The van der Waals surface area contributed by atoms with Crippen LogP contribution in [0.1, 0.15) is 11.1 Å². The van der Waals surface area contributed by atoms with Gasteiger partial charge in [-0.2, -0.15) is 5.26 Å². The monoisotopic (exact) mass is 278 g/mol. The fourth-order valence-corrected chi connectivity index (χ4v) is 1.77. The van der Waals surface area contributed by atoms with Gasteiger partial charge in [-0.15, -0.1) is 13.2 Å². The van der Waals surface area contributed by atoms with E-state index in [1.807, 2.05) is 0 Å². The number of ether oxygens (including phenoxy) is 1. The smallest absolute Gasteiger partial charge is 0.405 e. The van der Waals surface area contributed by atoms with Crippen LogP contribution < -0.4 is 4.74 Å². The van der Waals surface area contributed by atoms with Crippen molar-refractivity contribution in [2.75, 3.05) is 0 Å². The van der Waals surface area contributed by atoms with E-state index in [1.165, 1.54) is 18.3 Å². The van der Waals surface area contributed by atoms with Crippen LogP contribution in [0.4, 0.5) is 13.2 Å². The van der Waals surface area contributed by atoms with Crippen LogP contribution in [0.15, 0.2) is 36.7 Å². The molecule has 0 unspecified atom stereocenters. The number of rotatable bonds is 2. The first-order valence-corrected chi connectivity index (χ1v) is 5.61. The largest absolute Gasteiger partial charge is 0.573 e. The fraction of sp³-hybridized carbons (Fsp3) is 0.143. The number of aromatic nitrogens is 1. The quantitative estimate of drug-likeness (QED) is 0.838. The topological polar surface area (TPSA) is 45.9 Å². The van der Waals surface area contributed by atoms with Gasteiger partial charge in [0, 0.05) is 23.5 Å². The molecule has 0 saturated heterocycles. The predicted molar refractivity (Wildman–Crippen MR) is 65.8 cm³/mol. The number of halogens is 3. The molecule has 0 N–H and O–H groups in total. The lowest BCUT2D eigenvalue weighted by atomic mass is 10.0. The summed E-state index contributed by atoms with van der Waals surface area (Å²) in [6, 6.07) is 7.39. The van der Waals surface area contributed by atoms with Gasteiger partial charge in [0.25, 0.3) is 0 Å². The molecule has 0 amide bonds. The highest BCUT2D eigenvalue weighted by Gasteiger charge is 2.32. The number of benzene rings is 1. The highest BCUT2D eigenvalue weighted by molar-refractivity contribution is 5.73. The zero-order chi connectivity index (χ0) is 14.8. The minimum absolute atomic E-state index is 0.0922. The molecule has 0 aliphatic carbocycles. The molecule has 0 radical (unpaired) electrons. The van der Waals surface area contributed by atoms with Crippen LogP contribution >= 0.6 is 0 Å². The van der Waals surface area contributed by atoms with Crippen LogP contribution in [0.2, 0.25) is 0 Å². The van der Waals surface area contributed by atoms with Crippen LogP contribution in [0.5, 0.6) is 5.75 Å². The Bertz CT molecular complexity index is 675. The number of hydrogen-bond donors (Lipinski definition) is 0. The molecule has 6 heteroatoms. The summed E-state index contributed by atoms with van der Waals surface area (Å²) in [7, 11) is 0. The van der Waals surface area contributed by atoms with Gasteiger partial charge in [0.2, 0.25) is 0 Å². The molecule has 0 fully saturated rings. The van der Waals surface area contributed by atoms with E-state index in [1.54, 1.807) is 25.3 Å². The van der Waals surface area contributed by atoms with Gasteiger partial charge in [-0.1, -0.05) is 0 Å². The van der Waals surface area contributed by atoms with E-state index in [0.717, 1.165) is 11.6 Å². The van der Waals surface area contributed by atoms with Gasteiger partial charge in [0.1, 0.15) is 5.75 Å². The second kappa shape index (κ2) is 5.21. The highest BCUT2D eigenvalue weighted by Crippen LogP contribution is 2.35. The van der Waals surface area contributed by atoms with E-state index in [-0.39, 0.29) is 11.1 Å². The van der Waals surface area contributed by atoms with Crippen molar-refractivity contribution in [2.24, 2.45) is 0 Å². The van der Waals surface area contributed by atoms with Gasteiger partial charge in [0.15, 0.2) is 0 Å². The van der Waals surface area contributed by atoms with Crippen molar-refractivity contribution in [3.8, 4) is 22.9 Å². The number of nitriles is 1. The van der Waals surface area contributed by atoms with Crippen LogP contribution in [-0.4, -0.2) is 11.3 Å². The summed E-state index contributed by atoms with van der Waals surface area (Å²) >= 11 is 0. The van der Waals surface area contributed by atoms with Gasteiger partial charge in [-0.3, -0.25) is 4.98 Å². The van der Waals surface area contributed by atoms with Crippen molar-refractivity contribution < 1.29 is 17.9 Å². The first-order valence-electron chi connectivity index (χ1n) is 5.61. The molecule has 2 rings (SSSR count). The minimum Gasteiger partial charge on any atom is -0.405 e. The van der Waals surface area contributed by atoms with E-state index < -0.39 is 12.1 Å². The summed E-state index contributed by atoms with van der Waals surface area (Å²) in [5.74, 6) is -0.410. The Morgan fingerprint density at radius 1 is 1.20 bits per heavy atom. The lowest BCUT2D eigenvalue weighted by molar-refractivity contribution is -0.274. The molecule has 102 valence electrons. The van der Waals surface area contributed by atoms with Gasteiger partial charge in [-0.05, 0) is 36.8 Å². The summed E-state index contributed by atoms with van der Waals surface area (Å²) in [6.07, 6.45) is -1.81. The van der Waals surface area contributed by atoms with E-state index in [0.29, 0.717) is 5.56 Å². The van der Waals surface area contributed by atoms with E-state index >= 15 is 0 Å². The van der Waals surface area contributed by atoms with Crippen LogP contribution in [0.25, 0.3) is 11.1 Å². The molecule has 0 bridgehead atoms. The Morgan fingerprint density at radius 2 is 1.95 bits per heavy atom. The summed E-state index contributed by atoms with van der Waals surface area (Å²) in [5, 5.41) is 8.78. The molecule has 3 nitrogen and oxygen atoms in total. The van der Waals surface area contributed by atoms with Gasteiger partial charge in [0.05, 0.1) is 11.6 Å².